The van der Waals surface area contributed by atoms with Gasteiger partial charge in [0.05, 0.1) is 0 Å². The Morgan fingerprint density at radius 3 is 3.00 bits per heavy atom. The minimum absolute atomic E-state index is 0.883. The molecule has 0 saturated carbocycles. The molecule has 0 N–H and O–H groups in total. The van der Waals surface area contributed by atoms with E-state index >= 15 is 0 Å². The van der Waals surface area contributed by atoms with E-state index in [9.17, 15) is 0 Å². The zero-order valence-electron chi connectivity index (χ0n) is 6.21. The van der Waals surface area contributed by atoms with Gasteiger partial charge in [0.15, 0.2) is 0 Å². The summed E-state index contributed by atoms with van der Waals surface area (Å²) in [7, 11) is 0. The standard InChI is InChI=1S/C10H9S/c1-2-8-3-4-9-5-6-11-10(9)7-8/h3-7H,1-2H2. The van der Waals surface area contributed by atoms with Crippen LogP contribution in [0.15, 0.2) is 29.6 Å². The Morgan fingerprint density at radius 2 is 2.18 bits per heavy atom. The third-order valence-electron chi connectivity index (χ3n) is 1.81. The summed E-state index contributed by atoms with van der Waals surface area (Å²) in [5, 5.41) is 3.46. The molecule has 0 aliphatic carbocycles. The van der Waals surface area contributed by atoms with Crippen LogP contribution in [0.25, 0.3) is 10.1 Å². The topological polar surface area (TPSA) is 0 Å². The summed E-state index contributed by atoms with van der Waals surface area (Å²) in [5.74, 6) is 0. The molecule has 1 aromatic carbocycles. The molecule has 0 unspecified atom stereocenters. The van der Waals surface area contributed by atoms with Crippen molar-refractivity contribution in [3.05, 3.63) is 42.1 Å². The van der Waals surface area contributed by atoms with E-state index in [0.717, 1.165) is 6.42 Å². The monoisotopic (exact) mass is 161 g/mol. The molecule has 0 amide bonds. The Labute approximate surface area is 70.5 Å². The van der Waals surface area contributed by atoms with Crippen LogP contribution in [0.5, 0.6) is 0 Å². The number of hydrogen-bond acceptors (Lipinski definition) is 1. The zero-order chi connectivity index (χ0) is 7.68. The van der Waals surface area contributed by atoms with Gasteiger partial charge in [-0.15, -0.1) is 11.3 Å². The van der Waals surface area contributed by atoms with Crippen LogP contribution in [0.3, 0.4) is 0 Å². The van der Waals surface area contributed by atoms with Crippen molar-refractivity contribution in [3.63, 3.8) is 0 Å². The van der Waals surface area contributed by atoms with Crippen LogP contribution in [-0.2, 0) is 6.42 Å². The van der Waals surface area contributed by atoms with Crippen molar-refractivity contribution in [2.75, 3.05) is 0 Å². The highest BCUT2D eigenvalue weighted by Crippen LogP contribution is 2.21. The molecule has 0 aliphatic rings. The summed E-state index contributed by atoms with van der Waals surface area (Å²) in [6.07, 6.45) is 0.883. The Morgan fingerprint density at radius 1 is 1.27 bits per heavy atom. The third kappa shape index (κ3) is 1.16. The predicted octanol–water partition coefficient (Wildman–Crippen LogP) is 3.28. The van der Waals surface area contributed by atoms with Gasteiger partial charge in [-0.2, -0.15) is 0 Å². The van der Waals surface area contributed by atoms with Gasteiger partial charge in [-0.25, -0.2) is 0 Å². The molecule has 11 heavy (non-hydrogen) atoms. The maximum atomic E-state index is 3.85. The first kappa shape index (κ1) is 6.86. The lowest BCUT2D eigenvalue weighted by Crippen LogP contribution is -1.76. The molecular formula is C10H9S. The Balaban J connectivity index is 2.67. The lowest BCUT2D eigenvalue weighted by Gasteiger charge is -1.94. The fraction of sp³-hybridized carbons (Fsp3) is 0.100. The molecule has 1 heteroatoms. The quantitative estimate of drug-likeness (QED) is 0.602. The van der Waals surface area contributed by atoms with Crippen molar-refractivity contribution in [1.82, 2.24) is 0 Å². The minimum Gasteiger partial charge on any atom is -0.144 e. The van der Waals surface area contributed by atoms with Gasteiger partial charge in [0.2, 0.25) is 0 Å². The maximum absolute atomic E-state index is 3.85. The van der Waals surface area contributed by atoms with E-state index in [1.165, 1.54) is 15.6 Å². The van der Waals surface area contributed by atoms with E-state index in [-0.39, 0.29) is 0 Å². The van der Waals surface area contributed by atoms with Gasteiger partial charge in [0.25, 0.3) is 0 Å². The molecule has 2 rings (SSSR count). The van der Waals surface area contributed by atoms with Crippen LogP contribution in [0, 0.1) is 6.92 Å². The van der Waals surface area contributed by atoms with Gasteiger partial charge < -0.3 is 0 Å². The highest BCUT2D eigenvalue weighted by Gasteiger charge is 1.94. The smallest absolute Gasteiger partial charge is 0.0345 e. The molecule has 55 valence electrons. The SMILES string of the molecule is [CH2]Cc1ccc2ccsc2c1. The van der Waals surface area contributed by atoms with Gasteiger partial charge >= 0.3 is 0 Å². The van der Waals surface area contributed by atoms with Crippen molar-refractivity contribution < 1.29 is 0 Å². The molecule has 0 saturated heterocycles. The van der Waals surface area contributed by atoms with Gasteiger partial charge in [0, 0.05) is 4.70 Å². The normalized spacial score (nSPS) is 10.6. The van der Waals surface area contributed by atoms with Crippen molar-refractivity contribution in [2.24, 2.45) is 0 Å². The van der Waals surface area contributed by atoms with Crippen LogP contribution < -0.4 is 0 Å². The summed E-state index contributed by atoms with van der Waals surface area (Å²) in [4.78, 5) is 0. The fourth-order valence-corrected chi connectivity index (χ4v) is 2.01. The molecular weight excluding hydrogens is 152 g/mol. The molecule has 0 spiro atoms. The summed E-state index contributed by atoms with van der Waals surface area (Å²) in [6, 6.07) is 8.66. The van der Waals surface area contributed by atoms with Crippen LogP contribution >= 0.6 is 11.3 Å². The first-order valence-electron chi connectivity index (χ1n) is 3.65. The number of rotatable bonds is 1. The molecule has 1 heterocycles. The van der Waals surface area contributed by atoms with Crippen LogP contribution in [0.4, 0.5) is 0 Å². The predicted molar refractivity (Wildman–Crippen MR) is 50.9 cm³/mol. The maximum Gasteiger partial charge on any atom is 0.0345 e. The minimum atomic E-state index is 0.883. The summed E-state index contributed by atoms with van der Waals surface area (Å²) < 4.78 is 1.37. The van der Waals surface area contributed by atoms with Crippen LogP contribution in [0.2, 0.25) is 0 Å². The summed E-state index contributed by atoms with van der Waals surface area (Å²) in [5.41, 5.74) is 1.32. The number of fused-ring (bicyclic) bond motifs is 1. The Hall–Kier alpha value is -0.820. The van der Waals surface area contributed by atoms with E-state index < -0.39 is 0 Å². The molecule has 1 aromatic heterocycles. The van der Waals surface area contributed by atoms with Gasteiger partial charge in [-0.3, -0.25) is 0 Å². The second-order valence-electron chi connectivity index (χ2n) is 2.54. The second-order valence-corrected chi connectivity index (χ2v) is 3.49. The molecule has 0 bridgehead atoms. The number of benzene rings is 1. The van der Waals surface area contributed by atoms with E-state index in [2.05, 4.69) is 36.6 Å². The fourth-order valence-electron chi connectivity index (χ4n) is 1.15. The molecule has 0 atom stereocenters. The molecule has 0 aliphatic heterocycles. The zero-order valence-corrected chi connectivity index (χ0v) is 7.03. The lowest BCUT2D eigenvalue weighted by atomic mass is 10.1. The first-order valence-corrected chi connectivity index (χ1v) is 4.53. The molecule has 1 radical (unpaired) electrons. The summed E-state index contributed by atoms with van der Waals surface area (Å²) >= 11 is 1.79. The van der Waals surface area contributed by atoms with Gasteiger partial charge in [-0.1, -0.05) is 12.1 Å². The van der Waals surface area contributed by atoms with E-state index in [1.54, 1.807) is 11.3 Å². The van der Waals surface area contributed by atoms with Crippen molar-refractivity contribution in [2.45, 2.75) is 6.42 Å². The lowest BCUT2D eigenvalue weighted by molar-refractivity contribution is 1.29. The average molecular weight is 161 g/mol. The largest absolute Gasteiger partial charge is 0.144 e. The van der Waals surface area contributed by atoms with Crippen molar-refractivity contribution >= 4 is 21.4 Å². The van der Waals surface area contributed by atoms with Crippen molar-refractivity contribution in [3.8, 4) is 0 Å². The van der Waals surface area contributed by atoms with Gasteiger partial charge in [0.1, 0.15) is 0 Å². The number of thiophene rings is 1. The number of hydrogen-bond donors (Lipinski definition) is 0. The Bertz CT molecular complexity index is 360. The highest BCUT2D eigenvalue weighted by atomic mass is 32.1. The van der Waals surface area contributed by atoms with Gasteiger partial charge in [-0.05, 0) is 41.8 Å². The van der Waals surface area contributed by atoms with E-state index in [4.69, 9.17) is 0 Å². The molecule has 2 aromatic rings. The summed E-state index contributed by atoms with van der Waals surface area (Å²) in [6.45, 7) is 3.85. The second kappa shape index (κ2) is 2.67. The van der Waals surface area contributed by atoms with Crippen molar-refractivity contribution in [1.29, 1.82) is 0 Å². The van der Waals surface area contributed by atoms with Crippen LogP contribution in [-0.4, -0.2) is 0 Å². The molecule has 0 nitrogen and oxygen atoms in total. The third-order valence-corrected chi connectivity index (χ3v) is 2.69. The van der Waals surface area contributed by atoms with Crippen LogP contribution in [0.1, 0.15) is 5.56 Å². The molecule has 0 fully saturated rings. The average Bonchev–Trinajstić information content (AvgIpc) is 2.50. The first-order chi connectivity index (χ1) is 5.40. The van der Waals surface area contributed by atoms with E-state index in [1.807, 2.05) is 0 Å². The highest BCUT2D eigenvalue weighted by molar-refractivity contribution is 7.17. The van der Waals surface area contributed by atoms with E-state index in [0.29, 0.717) is 0 Å². The Kier molecular flexibility index (Phi) is 1.66.